The molecule has 1 aromatic heterocycles. The SMILES string of the molecule is COc1ccc(-c2csc(NC(=O)CCSc3ccc(Cl)cc3)n2)c(OC)c1. The number of nitrogens with zero attached hydrogens (tertiary/aromatic N) is 1. The zero-order chi connectivity index (χ0) is 19.9. The number of carbonyl (C=O) groups excluding carboxylic acids is 1. The summed E-state index contributed by atoms with van der Waals surface area (Å²) in [6.07, 6.45) is 0.397. The first kappa shape index (κ1) is 20.5. The molecule has 0 saturated heterocycles. The van der Waals surface area contributed by atoms with E-state index in [9.17, 15) is 4.79 Å². The summed E-state index contributed by atoms with van der Waals surface area (Å²) in [5, 5.41) is 6.02. The van der Waals surface area contributed by atoms with Crippen molar-refractivity contribution in [1.82, 2.24) is 4.98 Å². The average molecular weight is 435 g/mol. The van der Waals surface area contributed by atoms with Gasteiger partial charge in [0.05, 0.1) is 19.9 Å². The topological polar surface area (TPSA) is 60.5 Å². The van der Waals surface area contributed by atoms with Crippen LogP contribution in [0.15, 0.2) is 52.7 Å². The quantitative estimate of drug-likeness (QED) is 0.467. The molecule has 146 valence electrons. The van der Waals surface area contributed by atoms with Gasteiger partial charge in [-0.3, -0.25) is 4.79 Å². The van der Waals surface area contributed by atoms with E-state index < -0.39 is 0 Å². The third kappa shape index (κ3) is 5.41. The minimum atomic E-state index is -0.0657. The van der Waals surface area contributed by atoms with Gasteiger partial charge in [0.2, 0.25) is 5.91 Å². The van der Waals surface area contributed by atoms with Crippen molar-refractivity contribution in [3.8, 4) is 22.8 Å². The van der Waals surface area contributed by atoms with Crippen LogP contribution in [0.5, 0.6) is 11.5 Å². The Morgan fingerprint density at radius 2 is 1.96 bits per heavy atom. The number of aromatic nitrogens is 1. The van der Waals surface area contributed by atoms with Gasteiger partial charge in [0.15, 0.2) is 5.13 Å². The van der Waals surface area contributed by atoms with Crippen molar-refractivity contribution >= 4 is 45.7 Å². The van der Waals surface area contributed by atoms with Crippen molar-refractivity contribution in [3.63, 3.8) is 0 Å². The lowest BCUT2D eigenvalue weighted by atomic mass is 10.1. The molecule has 0 radical (unpaired) electrons. The Balaban J connectivity index is 1.57. The second-order valence-corrected chi connectivity index (χ2v) is 8.17. The van der Waals surface area contributed by atoms with Gasteiger partial charge >= 0.3 is 0 Å². The van der Waals surface area contributed by atoms with Crippen LogP contribution in [0.1, 0.15) is 6.42 Å². The molecule has 3 aromatic rings. The lowest BCUT2D eigenvalue weighted by Crippen LogP contribution is -2.11. The second kappa shape index (κ2) is 9.82. The number of rotatable bonds is 8. The summed E-state index contributed by atoms with van der Waals surface area (Å²) in [7, 11) is 3.21. The lowest BCUT2D eigenvalue weighted by Gasteiger charge is -2.08. The van der Waals surface area contributed by atoms with Crippen LogP contribution in [0.4, 0.5) is 5.13 Å². The summed E-state index contributed by atoms with van der Waals surface area (Å²) in [5.41, 5.74) is 1.59. The Kier molecular flexibility index (Phi) is 7.19. The van der Waals surface area contributed by atoms with Gasteiger partial charge in [-0.05, 0) is 36.4 Å². The van der Waals surface area contributed by atoms with Gasteiger partial charge in [-0.2, -0.15) is 0 Å². The van der Waals surface area contributed by atoms with E-state index in [-0.39, 0.29) is 5.91 Å². The van der Waals surface area contributed by atoms with Gasteiger partial charge in [0, 0.05) is 39.1 Å². The monoisotopic (exact) mass is 434 g/mol. The van der Waals surface area contributed by atoms with Gasteiger partial charge in [-0.1, -0.05) is 11.6 Å². The maximum atomic E-state index is 12.2. The van der Waals surface area contributed by atoms with Crippen LogP contribution in [0.2, 0.25) is 5.02 Å². The Morgan fingerprint density at radius 3 is 2.68 bits per heavy atom. The zero-order valence-electron chi connectivity index (χ0n) is 15.4. The van der Waals surface area contributed by atoms with Crippen LogP contribution in [0.25, 0.3) is 11.3 Å². The van der Waals surface area contributed by atoms with E-state index >= 15 is 0 Å². The summed E-state index contributed by atoms with van der Waals surface area (Å²) < 4.78 is 10.6. The number of carbonyl (C=O) groups is 1. The molecule has 0 aliphatic carbocycles. The number of halogens is 1. The third-order valence-corrected chi connectivity index (χ3v) is 5.87. The van der Waals surface area contributed by atoms with Gasteiger partial charge in [-0.25, -0.2) is 4.98 Å². The molecular formula is C20H19ClN2O3S2. The van der Waals surface area contributed by atoms with E-state index in [1.807, 2.05) is 41.8 Å². The highest BCUT2D eigenvalue weighted by Gasteiger charge is 2.13. The van der Waals surface area contributed by atoms with Crippen LogP contribution >= 0.6 is 34.7 Å². The number of thioether (sulfide) groups is 1. The smallest absolute Gasteiger partial charge is 0.226 e. The molecule has 0 bridgehead atoms. The third-order valence-electron chi connectivity index (χ3n) is 3.85. The maximum absolute atomic E-state index is 12.2. The average Bonchev–Trinajstić information content (AvgIpc) is 3.17. The molecule has 3 rings (SSSR count). The summed E-state index contributed by atoms with van der Waals surface area (Å²) in [5.74, 6) is 1.99. The molecule has 1 N–H and O–H groups in total. The molecule has 0 spiro atoms. The second-order valence-electron chi connectivity index (χ2n) is 5.70. The zero-order valence-corrected chi connectivity index (χ0v) is 17.8. The Labute approximate surface area is 177 Å². The van der Waals surface area contributed by atoms with Crippen LogP contribution in [0, 0.1) is 0 Å². The first-order valence-electron chi connectivity index (χ1n) is 8.45. The van der Waals surface area contributed by atoms with Gasteiger partial charge in [0.1, 0.15) is 11.5 Å². The Morgan fingerprint density at radius 1 is 1.18 bits per heavy atom. The van der Waals surface area contributed by atoms with Crippen LogP contribution in [-0.2, 0) is 4.79 Å². The van der Waals surface area contributed by atoms with Crippen molar-refractivity contribution < 1.29 is 14.3 Å². The highest BCUT2D eigenvalue weighted by atomic mass is 35.5. The molecule has 5 nitrogen and oxygen atoms in total. The number of benzene rings is 2. The summed E-state index contributed by atoms with van der Waals surface area (Å²) >= 11 is 8.87. The van der Waals surface area contributed by atoms with Crippen LogP contribution in [-0.4, -0.2) is 30.9 Å². The van der Waals surface area contributed by atoms with E-state index in [1.54, 1.807) is 32.0 Å². The number of ether oxygens (including phenoxy) is 2. The normalized spacial score (nSPS) is 10.5. The standard InChI is InChI=1S/C20H19ClN2O3S2/c1-25-14-5-8-16(18(11-14)26-2)17-12-28-20(22-17)23-19(24)9-10-27-15-6-3-13(21)4-7-15/h3-8,11-12H,9-10H2,1-2H3,(H,22,23,24). The first-order chi connectivity index (χ1) is 13.6. The number of amides is 1. The molecule has 0 fully saturated rings. The molecule has 2 aromatic carbocycles. The predicted molar refractivity (Wildman–Crippen MR) is 116 cm³/mol. The van der Waals surface area contributed by atoms with Gasteiger partial charge in [-0.15, -0.1) is 23.1 Å². The number of anilines is 1. The molecule has 0 atom stereocenters. The first-order valence-corrected chi connectivity index (χ1v) is 10.7. The van der Waals surface area contributed by atoms with Crippen molar-refractivity contribution in [1.29, 1.82) is 0 Å². The fourth-order valence-corrected chi connectivity index (χ4v) is 4.14. The lowest BCUT2D eigenvalue weighted by molar-refractivity contribution is -0.115. The summed E-state index contributed by atoms with van der Waals surface area (Å²) in [6, 6.07) is 13.1. The van der Waals surface area contributed by atoms with Crippen molar-refractivity contribution in [2.45, 2.75) is 11.3 Å². The van der Waals surface area contributed by atoms with Crippen molar-refractivity contribution in [3.05, 3.63) is 52.9 Å². The van der Waals surface area contributed by atoms with Crippen molar-refractivity contribution in [2.75, 3.05) is 25.3 Å². The molecule has 0 aliphatic heterocycles. The van der Waals surface area contributed by atoms with E-state index in [4.69, 9.17) is 21.1 Å². The fourth-order valence-electron chi connectivity index (χ4n) is 2.44. The van der Waals surface area contributed by atoms with Crippen molar-refractivity contribution in [2.24, 2.45) is 0 Å². The maximum Gasteiger partial charge on any atom is 0.226 e. The highest BCUT2D eigenvalue weighted by Crippen LogP contribution is 2.34. The number of nitrogens with one attached hydrogen (secondary N) is 1. The molecular weight excluding hydrogens is 416 g/mol. The number of thiazole rings is 1. The molecule has 8 heteroatoms. The van der Waals surface area contributed by atoms with Crippen LogP contribution in [0.3, 0.4) is 0 Å². The molecule has 0 saturated carbocycles. The summed E-state index contributed by atoms with van der Waals surface area (Å²) in [6.45, 7) is 0. The minimum Gasteiger partial charge on any atom is -0.497 e. The highest BCUT2D eigenvalue weighted by molar-refractivity contribution is 7.99. The fraction of sp³-hybridized carbons (Fsp3) is 0.200. The number of methoxy groups -OCH3 is 2. The minimum absolute atomic E-state index is 0.0657. The Hall–Kier alpha value is -2.22. The van der Waals surface area contributed by atoms with E-state index in [1.165, 1.54) is 11.3 Å². The van der Waals surface area contributed by atoms with Gasteiger partial charge < -0.3 is 14.8 Å². The van der Waals surface area contributed by atoms with Crippen LogP contribution < -0.4 is 14.8 Å². The molecule has 28 heavy (non-hydrogen) atoms. The molecule has 1 amide bonds. The molecule has 0 aliphatic rings. The van der Waals surface area contributed by atoms with E-state index in [2.05, 4.69) is 10.3 Å². The molecule has 1 heterocycles. The largest absolute Gasteiger partial charge is 0.497 e. The number of hydrogen-bond donors (Lipinski definition) is 1. The van der Waals surface area contributed by atoms with Gasteiger partial charge in [0.25, 0.3) is 0 Å². The molecule has 0 unspecified atom stereocenters. The van der Waals surface area contributed by atoms with E-state index in [0.29, 0.717) is 33.8 Å². The van der Waals surface area contributed by atoms with E-state index in [0.717, 1.165) is 16.2 Å². The predicted octanol–water partition coefficient (Wildman–Crippen LogP) is 5.60. The number of hydrogen-bond acceptors (Lipinski definition) is 6. The Bertz CT molecular complexity index is 945. The summed E-state index contributed by atoms with van der Waals surface area (Å²) in [4.78, 5) is 17.8.